The first-order valence-electron chi connectivity index (χ1n) is 9.17. The highest BCUT2D eigenvalue weighted by Crippen LogP contribution is 2.37. The van der Waals surface area contributed by atoms with Gasteiger partial charge in [-0.1, -0.05) is 20.3 Å². The van der Waals surface area contributed by atoms with Crippen LogP contribution in [0.15, 0.2) is 0 Å². The molecule has 0 bridgehead atoms. The molecular weight excluding hydrogens is 260 g/mol. The summed E-state index contributed by atoms with van der Waals surface area (Å²) >= 11 is 0. The van der Waals surface area contributed by atoms with Crippen molar-refractivity contribution in [1.29, 1.82) is 0 Å². The van der Waals surface area contributed by atoms with Gasteiger partial charge < -0.3 is 15.0 Å². The van der Waals surface area contributed by atoms with Crippen molar-refractivity contribution in [3.8, 4) is 0 Å². The Morgan fingerprint density at radius 2 is 1.76 bits per heavy atom. The summed E-state index contributed by atoms with van der Waals surface area (Å²) in [5.41, 5.74) is 1.08. The Kier molecular flexibility index (Phi) is 4.92. The maximum Gasteiger partial charge on any atom is 0.0472 e. The van der Waals surface area contributed by atoms with E-state index in [9.17, 15) is 0 Å². The highest BCUT2D eigenvalue weighted by molar-refractivity contribution is 4.92. The van der Waals surface area contributed by atoms with Crippen molar-refractivity contribution in [2.24, 2.45) is 10.8 Å². The Balaban J connectivity index is 1.54. The topological polar surface area (TPSA) is 24.5 Å². The van der Waals surface area contributed by atoms with Gasteiger partial charge in [0.15, 0.2) is 0 Å². The molecule has 0 aromatic carbocycles. The third-order valence-electron chi connectivity index (χ3n) is 6.37. The van der Waals surface area contributed by atoms with Crippen molar-refractivity contribution in [3.63, 3.8) is 0 Å². The van der Waals surface area contributed by atoms with Crippen LogP contribution in [-0.4, -0.2) is 50.3 Å². The molecule has 2 saturated heterocycles. The zero-order valence-electron chi connectivity index (χ0n) is 14.1. The van der Waals surface area contributed by atoms with Gasteiger partial charge in [-0.25, -0.2) is 0 Å². The summed E-state index contributed by atoms with van der Waals surface area (Å²) in [7, 11) is 0. The van der Waals surface area contributed by atoms with E-state index in [0.29, 0.717) is 10.8 Å². The Hall–Kier alpha value is -0.120. The molecule has 0 spiro atoms. The number of piperidine rings is 1. The third kappa shape index (κ3) is 4.20. The van der Waals surface area contributed by atoms with Crippen LogP contribution >= 0.6 is 0 Å². The normalized spacial score (nSPS) is 29.4. The Morgan fingerprint density at radius 1 is 1.10 bits per heavy atom. The van der Waals surface area contributed by atoms with Crippen molar-refractivity contribution >= 4 is 0 Å². The molecule has 3 aliphatic rings. The molecule has 1 N–H and O–H groups in total. The number of likely N-dealkylation sites (tertiary alicyclic amines) is 1. The molecule has 3 nitrogen and oxygen atoms in total. The van der Waals surface area contributed by atoms with Gasteiger partial charge in [0.25, 0.3) is 0 Å². The molecule has 0 unspecified atom stereocenters. The lowest BCUT2D eigenvalue weighted by molar-refractivity contribution is -0.0151. The van der Waals surface area contributed by atoms with E-state index in [4.69, 9.17) is 4.74 Å². The van der Waals surface area contributed by atoms with Crippen LogP contribution in [0.4, 0.5) is 0 Å². The minimum Gasteiger partial charge on any atom is -0.381 e. The van der Waals surface area contributed by atoms with Crippen LogP contribution < -0.4 is 5.32 Å². The first-order chi connectivity index (χ1) is 10.1. The number of rotatable bonds is 6. The maximum atomic E-state index is 5.64. The van der Waals surface area contributed by atoms with Crippen LogP contribution in [0.25, 0.3) is 0 Å². The van der Waals surface area contributed by atoms with Crippen LogP contribution in [0.3, 0.4) is 0 Å². The molecule has 1 aliphatic carbocycles. The quantitative estimate of drug-likeness (QED) is 0.815. The van der Waals surface area contributed by atoms with Gasteiger partial charge in [-0.2, -0.15) is 0 Å². The summed E-state index contributed by atoms with van der Waals surface area (Å²) in [6, 6.07) is 0.828. The van der Waals surface area contributed by atoms with E-state index < -0.39 is 0 Å². The largest absolute Gasteiger partial charge is 0.381 e. The van der Waals surface area contributed by atoms with Crippen molar-refractivity contribution in [2.45, 2.75) is 64.8 Å². The molecule has 3 fully saturated rings. The van der Waals surface area contributed by atoms with E-state index in [-0.39, 0.29) is 0 Å². The van der Waals surface area contributed by atoms with Gasteiger partial charge in [-0.05, 0) is 62.4 Å². The summed E-state index contributed by atoms with van der Waals surface area (Å²) in [5, 5.41) is 3.80. The molecule has 2 heterocycles. The van der Waals surface area contributed by atoms with Crippen LogP contribution in [-0.2, 0) is 4.74 Å². The Bertz CT molecular complexity index is 326. The molecule has 2 aliphatic heterocycles. The van der Waals surface area contributed by atoms with Crippen molar-refractivity contribution in [3.05, 3.63) is 0 Å². The molecule has 0 amide bonds. The van der Waals surface area contributed by atoms with Gasteiger partial charge >= 0.3 is 0 Å². The predicted octanol–water partition coefficient (Wildman–Crippen LogP) is 3.05. The number of nitrogens with one attached hydrogen (secondary N) is 1. The van der Waals surface area contributed by atoms with E-state index in [0.717, 1.165) is 19.3 Å². The average molecular weight is 294 g/mol. The zero-order valence-corrected chi connectivity index (χ0v) is 14.1. The first kappa shape index (κ1) is 15.8. The van der Waals surface area contributed by atoms with E-state index in [1.165, 1.54) is 71.1 Å². The second-order valence-electron chi connectivity index (χ2n) is 8.21. The van der Waals surface area contributed by atoms with Gasteiger partial charge in [0.2, 0.25) is 0 Å². The molecule has 122 valence electrons. The summed E-state index contributed by atoms with van der Waals surface area (Å²) < 4.78 is 5.64. The van der Waals surface area contributed by atoms with Gasteiger partial charge in [0.1, 0.15) is 0 Å². The summed E-state index contributed by atoms with van der Waals surface area (Å²) in [4.78, 5) is 2.75. The Labute approximate surface area is 130 Å². The second-order valence-corrected chi connectivity index (χ2v) is 8.21. The predicted molar refractivity (Wildman–Crippen MR) is 87.6 cm³/mol. The van der Waals surface area contributed by atoms with Crippen molar-refractivity contribution in [2.75, 3.05) is 39.4 Å². The maximum absolute atomic E-state index is 5.64. The smallest absolute Gasteiger partial charge is 0.0472 e. The lowest BCUT2D eigenvalue weighted by Gasteiger charge is -2.45. The van der Waals surface area contributed by atoms with Crippen molar-refractivity contribution < 1.29 is 4.74 Å². The fraction of sp³-hybridized carbons (Fsp3) is 1.00. The number of nitrogens with zero attached hydrogens (tertiary/aromatic N) is 1. The molecule has 0 radical (unpaired) electrons. The third-order valence-corrected chi connectivity index (χ3v) is 6.37. The fourth-order valence-electron chi connectivity index (χ4n) is 3.92. The minimum absolute atomic E-state index is 0.473. The molecule has 0 aromatic heterocycles. The Morgan fingerprint density at radius 3 is 2.33 bits per heavy atom. The monoisotopic (exact) mass is 294 g/mol. The van der Waals surface area contributed by atoms with E-state index in [1.54, 1.807) is 0 Å². The number of hydrogen-bond acceptors (Lipinski definition) is 3. The molecular formula is C18H34N2O. The lowest BCUT2D eigenvalue weighted by Crippen LogP contribution is -2.50. The summed E-state index contributed by atoms with van der Waals surface area (Å²) in [6.07, 6.45) is 9.38. The average Bonchev–Trinajstić information content (AvgIpc) is 3.33. The lowest BCUT2D eigenvalue weighted by atomic mass is 9.76. The highest BCUT2D eigenvalue weighted by Gasteiger charge is 2.38. The van der Waals surface area contributed by atoms with Gasteiger partial charge in [-0.3, -0.25) is 0 Å². The van der Waals surface area contributed by atoms with E-state index >= 15 is 0 Å². The number of ether oxygens (including phenoxy) is 1. The fourth-order valence-corrected chi connectivity index (χ4v) is 3.92. The first-order valence-corrected chi connectivity index (χ1v) is 9.17. The summed E-state index contributed by atoms with van der Waals surface area (Å²) in [6.45, 7) is 11.9. The van der Waals surface area contributed by atoms with E-state index in [2.05, 4.69) is 24.1 Å². The second kappa shape index (κ2) is 6.55. The molecule has 1 saturated carbocycles. The zero-order chi connectivity index (χ0) is 14.8. The molecule has 3 rings (SSSR count). The molecule has 21 heavy (non-hydrogen) atoms. The van der Waals surface area contributed by atoms with Gasteiger partial charge in [-0.15, -0.1) is 0 Å². The minimum atomic E-state index is 0.473. The van der Waals surface area contributed by atoms with Crippen LogP contribution in [0, 0.1) is 10.8 Å². The molecule has 3 heteroatoms. The van der Waals surface area contributed by atoms with Gasteiger partial charge in [0, 0.05) is 32.3 Å². The van der Waals surface area contributed by atoms with Crippen LogP contribution in [0.2, 0.25) is 0 Å². The van der Waals surface area contributed by atoms with Crippen LogP contribution in [0.1, 0.15) is 58.8 Å². The number of hydrogen-bond donors (Lipinski definition) is 1. The summed E-state index contributed by atoms with van der Waals surface area (Å²) in [5.74, 6) is 0. The molecule has 0 aromatic rings. The SMILES string of the molecule is CCC1(C)CCN(CC2(CNC3CC3)CCOCC2)CC1. The highest BCUT2D eigenvalue weighted by atomic mass is 16.5. The molecule has 0 atom stereocenters. The van der Waals surface area contributed by atoms with Crippen molar-refractivity contribution in [1.82, 2.24) is 10.2 Å². The van der Waals surface area contributed by atoms with Crippen LogP contribution in [0.5, 0.6) is 0 Å². The standard InChI is InChI=1S/C18H34N2O/c1-3-17(2)6-10-20(11-7-17)15-18(8-12-21-13-9-18)14-19-16-4-5-16/h16,19H,3-15H2,1-2H3. The van der Waals surface area contributed by atoms with E-state index in [1.807, 2.05) is 0 Å². The van der Waals surface area contributed by atoms with Gasteiger partial charge in [0.05, 0.1) is 0 Å².